The highest BCUT2D eigenvalue weighted by Crippen LogP contribution is 2.23. The first kappa shape index (κ1) is 16.0. The number of nitrogens with one attached hydrogen (secondary N) is 1. The van der Waals surface area contributed by atoms with Gasteiger partial charge in [-0.15, -0.1) is 0 Å². The molecule has 4 aromatic rings. The van der Waals surface area contributed by atoms with Crippen LogP contribution in [-0.2, 0) is 0 Å². The van der Waals surface area contributed by atoms with Gasteiger partial charge in [0.15, 0.2) is 11.9 Å². The molecule has 8 nitrogen and oxygen atoms in total. The summed E-state index contributed by atoms with van der Waals surface area (Å²) in [5.74, 6) is -0.855. The first-order chi connectivity index (χ1) is 12.5. The number of nitrogens with two attached hydrogens (primary N) is 1. The molecule has 0 saturated carbocycles. The molecule has 0 amide bonds. The van der Waals surface area contributed by atoms with E-state index in [1.165, 1.54) is 21.6 Å². The Morgan fingerprint density at radius 3 is 2.65 bits per heavy atom. The molecule has 0 aliphatic carbocycles. The summed E-state index contributed by atoms with van der Waals surface area (Å²) in [6, 6.07) is 6.16. The van der Waals surface area contributed by atoms with Crippen LogP contribution >= 0.6 is 0 Å². The quantitative estimate of drug-likeness (QED) is 0.482. The van der Waals surface area contributed by atoms with E-state index >= 15 is 0 Å². The van der Waals surface area contributed by atoms with E-state index in [0.29, 0.717) is 17.0 Å². The second kappa shape index (κ2) is 6.08. The van der Waals surface area contributed by atoms with Crippen molar-refractivity contribution < 1.29 is 13.9 Å². The molecule has 10 heteroatoms. The van der Waals surface area contributed by atoms with Crippen LogP contribution in [0.1, 0.15) is 11.8 Å². The summed E-state index contributed by atoms with van der Waals surface area (Å²) in [5, 5.41) is 21.5. The molecule has 0 fully saturated rings. The third kappa shape index (κ3) is 2.82. The summed E-state index contributed by atoms with van der Waals surface area (Å²) < 4.78 is 29.7. The Hall–Kier alpha value is -3.53. The monoisotopic (exact) mass is 357 g/mol. The minimum atomic E-state index is -1.20. The highest BCUT2D eigenvalue weighted by atomic mass is 19.1. The number of hydrogen-bond acceptors (Lipinski definition) is 6. The van der Waals surface area contributed by atoms with Gasteiger partial charge in [-0.3, -0.25) is 0 Å². The van der Waals surface area contributed by atoms with Crippen molar-refractivity contribution in [2.45, 2.75) is 6.23 Å². The molecule has 1 atom stereocenters. The van der Waals surface area contributed by atoms with E-state index in [2.05, 4.69) is 20.5 Å². The number of nitrogens with zero attached hydrogens (tertiary/aromatic N) is 5. The lowest BCUT2D eigenvalue weighted by Gasteiger charge is -2.14. The van der Waals surface area contributed by atoms with Gasteiger partial charge in [-0.1, -0.05) is 0 Å². The van der Waals surface area contributed by atoms with Gasteiger partial charge < -0.3 is 16.2 Å². The molecule has 1 unspecified atom stereocenters. The Morgan fingerprint density at radius 1 is 1.12 bits per heavy atom. The number of aliphatic hydroxyl groups is 1. The number of halogens is 2. The molecule has 4 N–H and O–H groups in total. The van der Waals surface area contributed by atoms with E-state index in [9.17, 15) is 13.9 Å². The number of rotatable bonds is 4. The fraction of sp³-hybridized carbons (Fsp3) is 0.0625. The predicted molar refractivity (Wildman–Crippen MR) is 89.5 cm³/mol. The Kier molecular flexibility index (Phi) is 3.73. The third-order valence-electron chi connectivity index (χ3n) is 3.73. The molecule has 0 spiro atoms. The summed E-state index contributed by atoms with van der Waals surface area (Å²) in [4.78, 5) is 4.15. The molecule has 0 aliphatic rings. The number of aromatic nitrogens is 5. The smallest absolute Gasteiger partial charge is 0.165 e. The SMILES string of the molecule is Nc1ccn2ncc(C(O)Nc3ccnn3-c3cc(F)cc(F)c3)c2n1. The third-order valence-corrected chi connectivity index (χ3v) is 3.73. The predicted octanol–water partition coefficient (Wildman–Crippen LogP) is 1.88. The van der Waals surface area contributed by atoms with Crippen LogP contribution in [0.3, 0.4) is 0 Å². The van der Waals surface area contributed by atoms with Gasteiger partial charge >= 0.3 is 0 Å². The van der Waals surface area contributed by atoms with Crippen molar-refractivity contribution in [3.8, 4) is 5.69 Å². The molecule has 132 valence electrons. The molecule has 3 aromatic heterocycles. The molecule has 0 aliphatic heterocycles. The van der Waals surface area contributed by atoms with Crippen molar-refractivity contribution in [1.29, 1.82) is 0 Å². The van der Waals surface area contributed by atoms with Crippen LogP contribution in [0.5, 0.6) is 0 Å². The first-order valence-corrected chi connectivity index (χ1v) is 7.56. The van der Waals surface area contributed by atoms with Gasteiger partial charge in [0.2, 0.25) is 0 Å². The zero-order chi connectivity index (χ0) is 18.3. The second-order valence-electron chi connectivity index (χ2n) is 5.52. The lowest BCUT2D eigenvalue weighted by atomic mass is 10.3. The topological polar surface area (TPSA) is 106 Å². The van der Waals surface area contributed by atoms with Gasteiger partial charge in [0.1, 0.15) is 23.3 Å². The number of hydrogen-bond donors (Lipinski definition) is 3. The molecule has 0 radical (unpaired) electrons. The molecule has 0 bridgehead atoms. The molecular formula is C16H13F2N7O. The summed E-state index contributed by atoms with van der Waals surface area (Å²) in [5.41, 5.74) is 6.61. The van der Waals surface area contributed by atoms with Gasteiger partial charge in [-0.25, -0.2) is 23.0 Å². The van der Waals surface area contributed by atoms with Crippen molar-refractivity contribution in [1.82, 2.24) is 24.4 Å². The molecule has 3 heterocycles. The lowest BCUT2D eigenvalue weighted by Crippen LogP contribution is -2.13. The summed E-state index contributed by atoms with van der Waals surface area (Å²) in [6.07, 6.45) is 3.30. The number of nitrogen functional groups attached to an aromatic ring is 1. The van der Waals surface area contributed by atoms with Gasteiger partial charge in [-0.05, 0) is 18.2 Å². The molecule has 4 rings (SSSR count). The van der Waals surface area contributed by atoms with E-state index in [4.69, 9.17) is 5.73 Å². The maximum Gasteiger partial charge on any atom is 0.165 e. The van der Waals surface area contributed by atoms with E-state index in [0.717, 1.165) is 18.2 Å². The zero-order valence-electron chi connectivity index (χ0n) is 13.2. The minimum Gasteiger partial charge on any atom is -0.384 e. The van der Waals surface area contributed by atoms with Crippen LogP contribution in [0.4, 0.5) is 20.4 Å². The Morgan fingerprint density at radius 2 is 1.88 bits per heavy atom. The number of benzene rings is 1. The van der Waals surface area contributed by atoms with E-state index < -0.39 is 17.9 Å². The maximum absolute atomic E-state index is 13.5. The van der Waals surface area contributed by atoms with Gasteiger partial charge in [-0.2, -0.15) is 10.2 Å². The van der Waals surface area contributed by atoms with Gasteiger partial charge in [0, 0.05) is 18.3 Å². The van der Waals surface area contributed by atoms with Gasteiger partial charge in [0.25, 0.3) is 0 Å². The molecular weight excluding hydrogens is 344 g/mol. The van der Waals surface area contributed by atoms with Crippen molar-refractivity contribution in [3.63, 3.8) is 0 Å². The standard InChI is InChI=1S/C16H13F2N7O/c17-9-5-10(18)7-11(6-9)25-14(1-3-20-25)23-16(26)12-8-21-24-4-2-13(19)22-15(12)24/h1-8,16,23,26H,(H2,19,22). The number of anilines is 2. The van der Waals surface area contributed by atoms with Crippen molar-refractivity contribution in [2.75, 3.05) is 11.1 Å². The molecule has 1 aromatic carbocycles. The van der Waals surface area contributed by atoms with Gasteiger partial charge in [0.05, 0.1) is 23.6 Å². The van der Waals surface area contributed by atoms with Crippen LogP contribution < -0.4 is 11.1 Å². The zero-order valence-corrected chi connectivity index (χ0v) is 13.2. The highest BCUT2D eigenvalue weighted by molar-refractivity contribution is 5.54. The number of aliphatic hydroxyl groups excluding tert-OH is 1. The van der Waals surface area contributed by atoms with E-state index in [1.807, 2.05) is 0 Å². The van der Waals surface area contributed by atoms with E-state index in [1.54, 1.807) is 18.3 Å². The lowest BCUT2D eigenvalue weighted by molar-refractivity contribution is 0.208. The Bertz CT molecular complexity index is 1070. The van der Waals surface area contributed by atoms with Crippen molar-refractivity contribution >= 4 is 17.3 Å². The Balaban J connectivity index is 1.67. The van der Waals surface area contributed by atoms with Crippen LogP contribution in [0.25, 0.3) is 11.3 Å². The molecule has 26 heavy (non-hydrogen) atoms. The fourth-order valence-corrected chi connectivity index (χ4v) is 2.59. The van der Waals surface area contributed by atoms with Crippen molar-refractivity contribution in [3.05, 3.63) is 66.1 Å². The van der Waals surface area contributed by atoms with Crippen LogP contribution in [0.2, 0.25) is 0 Å². The fourth-order valence-electron chi connectivity index (χ4n) is 2.59. The molecule has 0 saturated heterocycles. The van der Waals surface area contributed by atoms with Crippen LogP contribution in [-0.4, -0.2) is 29.5 Å². The van der Waals surface area contributed by atoms with Crippen LogP contribution in [0, 0.1) is 11.6 Å². The summed E-state index contributed by atoms with van der Waals surface area (Å²) in [7, 11) is 0. The maximum atomic E-state index is 13.5. The summed E-state index contributed by atoms with van der Waals surface area (Å²) in [6.45, 7) is 0. The van der Waals surface area contributed by atoms with Crippen LogP contribution in [0.15, 0.2) is 48.9 Å². The number of fused-ring (bicyclic) bond motifs is 1. The normalized spacial score (nSPS) is 12.4. The second-order valence-corrected chi connectivity index (χ2v) is 5.52. The largest absolute Gasteiger partial charge is 0.384 e. The Labute approximate surface area is 145 Å². The first-order valence-electron chi connectivity index (χ1n) is 7.56. The van der Waals surface area contributed by atoms with E-state index in [-0.39, 0.29) is 11.5 Å². The average molecular weight is 357 g/mol. The highest BCUT2D eigenvalue weighted by Gasteiger charge is 2.17. The van der Waals surface area contributed by atoms with Crippen molar-refractivity contribution in [2.24, 2.45) is 0 Å². The summed E-state index contributed by atoms with van der Waals surface area (Å²) >= 11 is 0. The average Bonchev–Trinajstić information content (AvgIpc) is 3.20. The minimum absolute atomic E-state index is 0.171.